The molecule has 2 heterocycles. The van der Waals surface area contributed by atoms with E-state index in [2.05, 4.69) is 16.3 Å². The van der Waals surface area contributed by atoms with E-state index in [0.29, 0.717) is 10.6 Å². The SMILES string of the molecule is Cc1ccc(-c2cc(-c3ccccc3)nc(SC/C([O-])=N\c3c[n+](N(C)C)no3)c2C#N)cc1. The molecule has 0 aliphatic rings. The summed E-state index contributed by atoms with van der Waals surface area (Å²) in [5.74, 6) is -0.318. The molecule has 4 rings (SSSR count). The third-order valence-electron chi connectivity index (χ3n) is 4.95. The molecule has 0 radical (unpaired) electrons. The van der Waals surface area contributed by atoms with Crippen LogP contribution in [-0.2, 0) is 0 Å². The van der Waals surface area contributed by atoms with Crippen LogP contribution in [0.3, 0.4) is 0 Å². The maximum absolute atomic E-state index is 12.5. The lowest BCUT2D eigenvalue weighted by Gasteiger charge is -2.14. The summed E-state index contributed by atoms with van der Waals surface area (Å²) in [4.78, 5) is 10.1. The Hall–Kier alpha value is -4.16. The van der Waals surface area contributed by atoms with E-state index in [4.69, 9.17) is 9.51 Å². The Balaban J connectivity index is 1.70. The molecule has 170 valence electrons. The lowest BCUT2D eigenvalue weighted by molar-refractivity contribution is -0.753. The second-order valence-corrected chi connectivity index (χ2v) is 8.65. The predicted octanol–water partition coefficient (Wildman–Crippen LogP) is 3.25. The second kappa shape index (κ2) is 10.2. The normalized spacial score (nSPS) is 11.3. The van der Waals surface area contributed by atoms with Gasteiger partial charge in [-0.1, -0.05) is 71.9 Å². The Morgan fingerprint density at radius 1 is 1.15 bits per heavy atom. The molecule has 34 heavy (non-hydrogen) atoms. The summed E-state index contributed by atoms with van der Waals surface area (Å²) in [7, 11) is 3.56. The van der Waals surface area contributed by atoms with E-state index in [1.807, 2.05) is 67.6 Å². The van der Waals surface area contributed by atoms with E-state index < -0.39 is 5.90 Å². The molecule has 0 spiro atoms. The molecule has 2 aromatic carbocycles. The van der Waals surface area contributed by atoms with Gasteiger partial charge in [-0.3, -0.25) is 4.52 Å². The Morgan fingerprint density at radius 3 is 2.53 bits per heavy atom. The highest BCUT2D eigenvalue weighted by molar-refractivity contribution is 7.99. The molecule has 0 unspecified atom stereocenters. The summed E-state index contributed by atoms with van der Waals surface area (Å²) < 4.78 is 5.06. The fraction of sp³-hybridized carbons (Fsp3) is 0.160. The van der Waals surface area contributed by atoms with E-state index in [9.17, 15) is 10.4 Å². The van der Waals surface area contributed by atoms with Gasteiger partial charge in [-0.25, -0.2) is 9.98 Å². The average Bonchev–Trinajstić information content (AvgIpc) is 3.32. The number of pyridine rings is 1. The van der Waals surface area contributed by atoms with Gasteiger partial charge in [-0.05, 0) is 24.5 Å². The van der Waals surface area contributed by atoms with Gasteiger partial charge in [0.25, 0.3) is 6.20 Å². The van der Waals surface area contributed by atoms with E-state index in [-0.39, 0.29) is 11.6 Å². The first-order chi connectivity index (χ1) is 16.4. The minimum Gasteiger partial charge on any atom is -0.861 e. The lowest BCUT2D eigenvalue weighted by Crippen LogP contribution is -2.53. The molecule has 8 nitrogen and oxygen atoms in total. The van der Waals surface area contributed by atoms with Crippen molar-refractivity contribution in [1.29, 1.82) is 5.26 Å². The van der Waals surface area contributed by atoms with E-state index in [1.165, 1.54) is 22.7 Å². The highest BCUT2D eigenvalue weighted by Crippen LogP contribution is 2.34. The van der Waals surface area contributed by atoms with Gasteiger partial charge in [0, 0.05) is 16.9 Å². The number of rotatable bonds is 7. The summed E-state index contributed by atoms with van der Waals surface area (Å²) in [5, 5.41) is 28.4. The Bertz CT molecular complexity index is 1360. The monoisotopic (exact) mass is 470 g/mol. The number of aliphatic imine (C=N–C) groups is 1. The van der Waals surface area contributed by atoms with Gasteiger partial charge >= 0.3 is 5.88 Å². The van der Waals surface area contributed by atoms with Crippen molar-refractivity contribution in [3.8, 4) is 28.5 Å². The van der Waals surface area contributed by atoms with Gasteiger partial charge in [-0.15, -0.1) is 0 Å². The van der Waals surface area contributed by atoms with Crippen molar-refractivity contribution in [3.05, 3.63) is 78.0 Å². The summed E-state index contributed by atoms with van der Waals surface area (Å²) >= 11 is 1.18. The first-order valence-electron chi connectivity index (χ1n) is 10.5. The smallest absolute Gasteiger partial charge is 0.324 e. The van der Waals surface area contributed by atoms with Crippen LogP contribution in [0.5, 0.6) is 0 Å². The topological polar surface area (TPSA) is 105 Å². The van der Waals surface area contributed by atoms with Crippen LogP contribution in [0, 0.1) is 18.3 Å². The Kier molecular flexibility index (Phi) is 6.90. The molecule has 0 amide bonds. The van der Waals surface area contributed by atoms with Crippen LogP contribution >= 0.6 is 11.8 Å². The van der Waals surface area contributed by atoms with Crippen LogP contribution in [0.2, 0.25) is 0 Å². The van der Waals surface area contributed by atoms with E-state index in [0.717, 1.165) is 27.9 Å². The molecule has 0 saturated carbocycles. The van der Waals surface area contributed by atoms with Gasteiger partial charge in [0.1, 0.15) is 11.1 Å². The van der Waals surface area contributed by atoms with Crippen molar-refractivity contribution in [2.75, 3.05) is 24.9 Å². The van der Waals surface area contributed by atoms with Crippen LogP contribution in [0.1, 0.15) is 11.1 Å². The van der Waals surface area contributed by atoms with Crippen LogP contribution in [-0.4, -0.2) is 36.0 Å². The van der Waals surface area contributed by atoms with Crippen LogP contribution in [0.25, 0.3) is 22.4 Å². The third kappa shape index (κ3) is 5.24. The molecular weight excluding hydrogens is 448 g/mol. The minimum absolute atomic E-state index is 0.00404. The van der Waals surface area contributed by atoms with Crippen molar-refractivity contribution in [2.24, 2.45) is 4.99 Å². The van der Waals surface area contributed by atoms with Crippen molar-refractivity contribution >= 4 is 23.5 Å². The Labute approximate surface area is 201 Å². The second-order valence-electron chi connectivity index (χ2n) is 7.68. The first kappa shape index (κ1) is 23.0. The summed E-state index contributed by atoms with van der Waals surface area (Å²) in [6.45, 7) is 2.02. The number of benzene rings is 2. The number of thioether (sulfide) groups is 1. The number of hydrogen-bond donors (Lipinski definition) is 0. The zero-order valence-electron chi connectivity index (χ0n) is 19.0. The zero-order chi connectivity index (χ0) is 24.1. The van der Waals surface area contributed by atoms with E-state index in [1.54, 1.807) is 19.1 Å². The van der Waals surface area contributed by atoms with E-state index >= 15 is 0 Å². The number of hydrogen-bond acceptors (Lipinski definition) is 8. The molecule has 2 aromatic heterocycles. The number of aryl methyl sites for hydroxylation is 1. The predicted molar refractivity (Wildman–Crippen MR) is 129 cm³/mol. The van der Waals surface area contributed by atoms with Gasteiger partial charge in [0.2, 0.25) is 5.27 Å². The van der Waals surface area contributed by atoms with Crippen LogP contribution < -0.4 is 14.9 Å². The van der Waals surface area contributed by atoms with Gasteiger partial charge in [0.15, 0.2) is 0 Å². The summed E-state index contributed by atoms with van der Waals surface area (Å²) in [6, 6.07) is 21.9. The largest absolute Gasteiger partial charge is 0.861 e. The summed E-state index contributed by atoms with van der Waals surface area (Å²) in [5.41, 5.74) is 4.88. The quantitative estimate of drug-likeness (QED) is 0.177. The van der Waals surface area contributed by atoms with Gasteiger partial charge < -0.3 is 5.11 Å². The lowest BCUT2D eigenvalue weighted by atomic mass is 9.98. The minimum atomic E-state index is -0.417. The highest BCUT2D eigenvalue weighted by Gasteiger charge is 2.16. The third-order valence-corrected chi connectivity index (χ3v) is 5.91. The van der Waals surface area contributed by atoms with Crippen LogP contribution in [0.4, 0.5) is 5.88 Å². The van der Waals surface area contributed by atoms with Gasteiger partial charge in [0.05, 0.1) is 30.1 Å². The van der Waals surface area contributed by atoms with Crippen molar-refractivity contribution in [1.82, 2.24) is 10.3 Å². The Morgan fingerprint density at radius 2 is 1.88 bits per heavy atom. The molecule has 0 saturated heterocycles. The maximum atomic E-state index is 12.5. The molecular formula is C25H22N6O2S. The zero-order valence-corrected chi connectivity index (χ0v) is 19.8. The average molecular weight is 471 g/mol. The molecule has 0 aliphatic carbocycles. The number of aromatic nitrogens is 3. The molecule has 0 fully saturated rings. The molecule has 0 aliphatic heterocycles. The molecule has 0 atom stereocenters. The van der Waals surface area contributed by atoms with Crippen molar-refractivity contribution in [3.63, 3.8) is 0 Å². The van der Waals surface area contributed by atoms with Crippen molar-refractivity contribution in [2.45, 2.75) is 11.9 Å². The standard InChI is InChI=1S/C25H22N6O2S/c1-17-9-11-18(12-10-17)20-13-22(19-7-5-4-6-8-19)27-25(21(20)14-26)34-16-23(32)28-24-15-31(29-33-24)30(2)3/h4-13,15H,16H2,1-3H3. The molecule has 4 aromatic rings. The molecule has 0 bridgehead atoms. The van der Waals surface area contributed by atoms with Gasteiger partial charge in [-0.2, -0.15) is 10.3 Å². The molecule has 9 heteroatoms. The molecule has 0 N–H and O–H groups in total. The fourth-order valence-corrected chi connectivity index (χ4v) is 3.99. The fourth-order valence-electron chi connectivity index (χ4n) is 3.20. The van der Waals surface area contributed by atoms with Crippen molar-refractivity contribution < 1.29 is 14.4 Å². The number of nitrogens with zero attached hydrogens (tertiary/aromatic N) is 6. The summed E-state index contributed by atoms with van der Waals surface area (Å²) in [6.07, 6.45) is 1.51. The van der Waals surface area contributed by atoms with Crippen LogP contribution in [0.15, 0.2) is 81.4 Å². The maximum Gasteiger partial charge on any atom is 0.324 e. The number of nitriles is 1. The first-order valence-corrected chi connectivity index (χ1v) is 11.4. The highest BCUT2D eigenvalue weighted by atomic mass is 32.2.